The lowest BCUT2D eigenvalue weighted by molar-refractivity contribution is 0.392. The zero-order valence-electron chi connectivity index (χ0n) is 10.9. The second-order valence-corrected chi connectivity index (χ2v) is 4.99. The van der Waals surface area contributed by atoms with E-state index in [2.05, 4.69) is 19.2 Å². The second-order valence-electron chi connectivity index (χ2n) is 4.58. The Labute approximate surface area is 113 Å². The van der Waals surface area contributed by atoms with E-state index in [1.807, 2.05) is 43.3 Å². The minimum atomic E-state index is 0.157. The first kappa shape index (κ1) is 13.2. The zero-order chi connectivity index (χ0) is 13.1. The zero-order valence-corrected chi connectivity index (χ0v) is 11.7. The monoisotopic (exact) mass is 263 g/mol. The maximum absolute atomic E-state index is 6.19. The van der Waals surface area contributed by atoms with Crippen LogP contribution in [0.4, 0.5) is 0 Å². The molecule has 2 aromatic rings. The number of hydrogen-bond donors (Lipinski definition) is 1. The minimum absolute atomic E-state index is 0.157. The molecule has 1 heterocycles. The largest absolute Gasteiger partial charge is 0.465 e. The van der Waals surface area contributed by atoms with Gasteiger partial charge in [-0.15, -0.1) is 0 Å². The van der Waals surface area contributed by atoms with Gasteiger partial charge >= 0.3 is 0 Å². The minimum Gasteiger partial charge on any atom is -0.465 e. The van der Waals surface area contributed by atoms with Crippen LogP contribution in [-0.2, 0) is 0 Å². The molecule has 0 aliphatic rings. The van der Waals surface area contributed by atoms with Gasteiger partial charge in [0.15, 0.2) is 0 Å². The molecular weight excluding hydrogens is 246 g/mol. The average molecular weight is 264 g/mol. The normalized spacial score (nSPS) is 14.4. The van der Waals surface area contributed by atoms with Gasteiger partial charge in [-0.2, -0.15) is 0 Å². The molecule has 1 unspecified atom stereocenters. The number of furan rings is 1. The summed E-state index contributed by atoms with van der Waals surface area (Å²) in [7, 11) is 0. The molecular formula is C15H18ClNO. The van der Waals surface area contributed by atoms with Gasteiger partial charge in [-0.3, -0.25) is 0 Å². The molecule has 1 aromatic heterocycles. The third kappa shape index (κ3) is 2.95. The third-order valence-electron chi connectivity index (χ3n) is 3.06. The quantitative estimate of drug-likeness (QED) is 0.868. The standard InChI is InChI=1S/C15H18ClNO/c1-10-8-9-15(18-10)12(3)17-11(2)13-6-4-5-7-14(13)16/h4-9,11-12,17H,1-3H3/t11-,12?/m0/s1. The van der Waals surface area contributed by atoms with Crippen LogP contribution < -0.4 is 5.32 Å². The van der Waals surface area contributed by atoms with Gasteiger partial charge < -0.3 is 9.73 Å². The van der Waals surface area contributed by atoms with Gasteiger partial charge in [-0.25, -0.2) is 0 Å². The van der Waals surface area contributed by atoms with Crippen molar-refractivity contribution in [2.75, 3.05) is 0 Å². The summed E-state index contributed by atoms with van der Waals surface area (Å²) in [6.07, 6.45) is 0. The van der Waals surface area contributed by atoms with E-state index in [-0.39, 0.29) is 12.1 Å². The van der Waals surface area contributed by atoms with Crippen molar-refractivity contribution in [3.63, 3.8) is 0 Å². The van der Waals surface area contributed by atoms with Crippen LogP contribution in [0.15, 0.2) is 40.8 Å². The van der Waals surface area contributed by atoms with E-state index in [0.717, 1.165) is 22.1 Å². The molecule has 0 bridgehead atoms. The van der Waals surface area contributed by atoms with E-state index >= 15 is 0 Å². The topological polar surface area (TPSA) is 25.2 Å². The highest BCUT2D eigenvalue weighted by Gasteiger charge is 2.15. The summed E-state index contributed by atoms with van der Waals surface area (Å²) in [5.41, 5.74) is 1.11. The molecule has 18 heavy (non-hydrogen) atoms. The summed E-state index contributed by atoms with van der Waals surface area (Å²) in [6.45, 7) is 6.15. The molecule has 3 heteroatoms. The Morgan fingerprint density at radius 3 is 2.39 bits per heavy atom. The fourth-order valence-electron chi connectivity index (χ4n) is 2.06. The fourth-order valence-corrected chi connectivity index (χ4v) is 2.36. The molecule has 2 nitrogen and oxygen atoms in total. The Hall–Kier alpha value is -1.25. The third-order valence-corrected chi connectivity index (χ3v) is 3.40. The molecule has 0 saturated heterocycles. The van der Waals surface area contributed by atoms with Crippen molar-refractivity contribution in [1.29, 1.82) is 0 Å². The molecule has 1 aromatic carbocycles. The lowest BCUT2D eigenvalue weighted by Gasteiger charge is -2.19. The predicted molar refractivity (Wildman–Crippen MR) is 74.9 cm³/mol. The van der Waals surface area contributed by atoms with E-state index in [1.165, 1.54) is 0 Å². The Bertz CT molecular complexity index is 521. The summed E-state index contributed by atoms with van der Waals surface area (Å²) in [6, 6.07) is 12.2. The smallest absolute Gasteiger partial charge is 0.120 e. The van der Waals surface area contributed by atoms with E-state index in [0.29, 0.717) is 0 Å². The van der Waals surface area contributed by atoms with Crippen LogP contribution in [0.1, 0.15) is 43.0 Å². The van der Waals surface area contributed by atoms with Crippen molar-refractivity contribution in [3.8, 4) is 0 Å². The summed E-state index contributed by atoms with van der Waals surface area (Å²) in [5, 5.41) is 4.28. The van der Waals surface area contributed by atoms with Crippen molar-refractivity contribution >= 4 is 11.6 Å². The van der Waals surface area contributed by atoms with Crippen LogP contribution in [0.2, 0.25) is 5.02 Å². The van der Waals surface area contributed by atoms with Gasteiger partial charge in [-0.05, 0) is 44.5 Å². The van der Waals surface area contributed by atoms with Crippen LogP contribution in [0.5, 0.6) is 0 Å². The van der Waals surface area contributed by atoms with Crippen LogP contribution in [0.3, 0.4) is 0 Å². The molecule has 0 spiro atoms. The first-order valence-corrected chi connectivity index (χ1v) is 6.52. The van der Waals surface area contributed by atoms with Crippen molar-refractivity contribution in [2.45, 2.75) is 32.9 Å². The van der Waals surface area contributed by atoms with Gasteiger partial charge in [0.25, 0.3) is 0 Å². The van der Waals surface area contributed by atoms with Crippen molar-refractivity contribution < 1.29 is 4.42 Å². The number of nitrogens with one attached hydrogen (secondary N) is 1. The van der Waals surface area contributed by atoms with Crippen LogP contribution in [0.25, 0.3) is 0 Å². The van der Waals surface area contributed by atoms with Crippen molar-refractivity contribution in [2.24, 2.45) is 0 Å². The van der Waals surface area contributed by atoms with Crippen LogP contribution in [0, 0.1) is 6.92 Å². The highest BCUT2D eigenvalue weighted by atomic mass is 35.5. The molecule has 0 aliphatic heterocycles. The molecule has 2 atom stereocenters. The van der Waals surface area contributed by atoms with E-state index < -0.39 is 0 Å². The second kappa shape index (κ2) is 5.59. The number of halogens is 1. The highest BCUT2D eigenvalue weighted by Crippen LogP contribution is 2.25. The highest BCUT2D eigenvalue weighted by molar-refractivity contribution is 6.31. The Morgan fingerprint density at radius 2 is 1.78 bits per heavy atom. The maximum Gasteiger partial charge on any atom is 0.120 e. The Kier molecular flexibility index (Phi) is 4.10. The van der Waals surface area contributed by atoms with Gasteiger partial charge in [0.2, 0.25) is 0 Å². The molecule has 0 saturated carbocycles. The molecule has 0 aliphatic carbocycles. The summed E-state index contributed by atoms with van der Waals surface area (Å²) in [4.78, 5) is 0. The van der Waals surface area contributed by atoms with Gasteiger partial charge in [0.1, 0.15) is 11.5 Å². The fraction of sp³-hybridized carbons (Fsp3) is 0.333. The molecule has 0 amide bonds. The van der Waals surface area contributed by atoms with Gasteiger partial charge in [-0.1, -0.05) is 29.8 Å². The number of benzene rings is 1. The maximum atomic E-state index is 6.19. The first-order valence-electron chi connectivity index (χ1n) is 6.14. The lowest BCUT2D eigenvalue weighted by Crippen LogP contribution is -2.22. The molecule has 2 rings (SSSR count). The Balaban J connectivity index is 2.08. The number of aryl methyl sites for hydroxylation is 1. The lowest BCUT2D eigenvalue weighted by atomic mass is 10.1. The first-order chi connectivity index (χ1) is 8.58. The van der Waals surface area contributed by atoms with Gasteiger partial charge in [0.05, 0.1) is 6.04 Å². The molecule has 96 valence electrons. The van der Waals surface area contributed by atoms with E-state index in [9.17, 15) is 0 Å². The average Bonchev–Trinajstić information content (AvgIpc) is 2.76. The van der Waals surface area contributed by atoms with Gasteiger partial charge in [0, 0.05) is 11.1 Å². The molecule has 0 fully saturated rings. The van der Waals surface area contributed by atoms with E-state index in [4.69, 9.17) is 16.0 Å². The molecule has 0 radical (unpaired) electrons. The summed E-state index contributed by atoms with van der Waals surface area (Å²) < 4.78 is 5.62. The summed E-state index contributed by atoms with van der Waals surface area (Å²) in [5.74, 6) is 1.88. The Morgan fingerprint density at radius 1 is 1.06 bits per heavy atom. The predicted octanol–water partition coefficient (Wildman–Crippen LogP) is 4.65. The summed E-state index contributed by atoms with van der Waals surface area (Å²) >= 11 is 6.19. The van der Waals surface area contributed by atoms with Crippen LogP contribution in [-0.4, -0.2) is 0 Å². The molecule has 1 N–H and O–H groups in total. The van der Waals surface area contributed by atoms with Crippen molar-refractivity contribution in [1.82, 2.24) is 5.32 Å². The van der Waals surface area contributed by atoms with Crippen LogP contribution >= 0.6 is 11.6 Å². The number of hydrogen-bond acceptors (Lipinski definition) is 2. The van der Waals surface area contributed by atoms with E-state index in [1.54, 1.807) is 0 Å². The van der Waals surface area contributed by atoms with Crippen molar-refractivity contribution in [3.05, 3.63) is 58.5 Å². The SMILES string of the molecule is Cc1ccc(C(C)N[C@@H](C)c2ccccc2Cl)o1. The number of rotatable bonds is 4.